The van der Waals surface area contributed by atoms with E-state index < -0.39 is 14.9 Å². The molecule has 2 aromatic rings. The predicted molar refractivity (Wildman–Crippen MR) is 65.5 cm³/mol. The van der Waals surface area contributed by atoms with Crippen molar-refractivity contribution in [2.75, 3.05) is 0 Å². The highest BCUT2D eigenvalue weighted by Crippen LogP contribution is 2.10. The summed E-state index contributed by atoms with van der Waals surface area (Å²) in [6.45, 7) is 0. The second kappa shape index (κ2) is 4.86. The lowest BCUT2D eigenvalue weighted by Gasteiger charge is -1.95. The van der Waals surface area contributed by atoms with Gasteiger partial charge < -0.3 is 0 Å². The minimum atomic E-state index is -3.75. The molecule has 1 aromatic heterocycles. The maximum atomic E-state index is 11.8. The van der Waals surface area contributed by atoms with E-state index in [0.29, 0.717) is 11.3 Å². The number of rotatable bonds is 2. The van der Waals surface area contributed by atoms with E-state index in [1.165, 1.54) is 17.6 Å². The van der Waals surface area contributed by atoms with Gasteiger partial charge in [-0.3, -0.25) is 4.79 Å². The number of aromatic nitrogens is 1. The van der Waals surface area contributed by atoms with Crippen LogP contribution in [-0.2, 0) is 10.0 Å². The van der Waals surface area contributed by atoms with Crippen molar-refractivity contribution in [3.05, 3.63) is 49.5 Å². The van der Waals surface area contributed by atoms with Gasteiger partial charge in [0.1, 0.15) is 0 Å². The zero-order valence-corrected chi connectivity index (χ0v) is 10.8. The molecule has 1 heterocycles. The summed E-state index contributed by atoms with van der Waals surface area (Å²) in [5, 5.41) is 0. The van der Waals surface area contributed by atoms with Crippen LogP contribution in [-0.4, -0.2) is 13.4 Å². The normalized spacial score (nSPS) is 12.6. The third-order valence-corrected chi connectivity index (χ3v) is 4.83. The first-order chi connectivity index (χ1) is 8.08. The fourth-order valence-electron chi connectivity index (χ4n) is 1.02. The van der Waals surface area contributed by atoms with E-state index in [-0.39, 0.29) is 8.88 Å². The third kappa shape index (κ3) is 3.05. The van der Waals surface area contributed by atoms with Crippen molar-refractivity contribution in [2.45, 2.75) is 4.90 Å². The highest BCUT2D eigenvalue weighted by atomic mass is 32.2. The second-order valence-electron chi connectivity index (χ2n) is 2.87. The molecule has 0 aliphatic heterocycles. The van der Waals surface area contributed by atoms with Crippen molar-refractivity contribution in [1.82, 2.24) is 4.98 Å². The zero-order valence-electron chi connectivity index (χ0n) is 8.31. The molecule has 5 nitrogen and oxygen atoms in total. The van der Waals surface area contributed by atoms with Gasteiger partial charge in [0.2, 0.25) is 0 Å². The van der Waals surface area contributed by atoms with Crippen LogP contribution in [0.15, 0.2) is 49.9 Å². The SMILES string of the molecule is O=c1ncsc(=NS(=O)(=O)c2ccccc2)s1. The van der Waals surface area contributed by atoms with E-state index in [1.807, 2.05) is 0 Å². The van der Waals surface area contributed by atoms with E-state index in [1.54, 1.807) is 18.2 Å². The topological polar surface area (TPSA) is 76.5 Å². The summed E-state index contributed by atoms with van der Waals surface area (Å²) in [5.74, 6) is 0. The van der Waals surface area contributed by atoms with Gasteiger partial charge in [-0.25, -0.2) is 0 Å². The second-order valence-corrected chi connectivity index (χ2v) is 6.50. The Bertz CT molecular complexity index is 732. The lowest BCUT2D eigenvalue weighted by Crippen LogP contribution is -2.08. The van der Waals surface area contributed by atoms with E-state index in [4.69, 9.17) is 0 Å². The molecular formula is C9H6N2O3S3. The Labute approximate surface area is 105 Å². The summed E-state index contributed by atoms with van der Waals surface area (Å²) < 4.78 is 27.4. The highest BCUT2D eigenvalue weighted by Gasteiger charge is 2.11. The van der Waals surface area contributed by atoms with Gasteiger partial charge >= 0.3 is 4.87 Å². The molecule has 0 aliphatic rings. The van der Waals surface area contributed by atoms with Crippen molar-refractivity contribution < 1.29 is 8.42 Å². The van der Waals surface area contributed by atoms with Gasteiger partial charge in [-0.2, -0.15) is 13.4 Å². The Kier molecular flexibility index (Phi) is 3.46. The standard InChI is InChI=1S/C9H6N2O3S3/c12-8-10-6-15-9(16-8)11-17(13,14)7-4-2-1-3-5-7/h1-6H. The van der Waals surface area contributed by atoms with Crippen LogP contribution in [0.3, 0.4) is 0 Å². The predicted octanol–water partition coefficient (Wildman–Crippen LogP) is 0.854. The Morgan fingerprint density at radius 2 is 1.88 bits per heavy atom. The number of benzene rings is 1. The summed E-state index contributed by atoms with van der Waals surface area (Å²) in [4.78, 5) is 14.1. The Hall–Kier alpha value is -1.38. The van der Waals surface area contributed by atoms with Crippen molar-refractivity contribution in [1.29, 1.82) is 0 Å². The van der Waals surface area contributed by atoms with Crippen molar-refractivity contribution in [2.24, 2.45) is 4.40 Å². The molecule has 17 heavy (non-hydrogen) atoms. The average Bonchev–Trinajstić information content (AvgIpc) is 2.29. The number of hydrogen-bond donors (Lipinski definition) is 0. The van der Waals surface area contributed by atoms with Crippen LogP contribution in [0, 0.1) is 0 Å². The van der Waals surface area contributed by atoms with Gasteiger partial charge in [0.15, 0.2) is 3.98 Å². The molecule has 1 aromatic carbocycles. The summed E-state index contributed by atoms with van der Waals surface area (Å²) in [6, 6.07) is 7.84. The number of sulfonamides is 1. The Morgan fingerprint density at radius 3 is 2.53 bits per heavy atom. The van der Waals surface area contributed by atoms with Gasteiger partial charge in [-0.15, -0.1) is 4.40 Å². The van der Waals surface area contributed by atoms with Crippen LogP contribution in [0.5, 0.6) is 0 Å². The Morgan fingerprint density at radius 1 is 1.18 bits per heavy atom. The molecule has 0 bridgehead atoms. The van der Waals surface area contributed by atoms with Gasteiger partial charge in [0.05, 0.1) is 10.4 Å². The lowest BCUT2D eigenvalue weighted by atomic mass is 10.4. The maximum absolute atomic E-state index is 11.8. The molecule has 0 radical (unpaired) electrons. The molecule has 88 valence electrons. The molecule has 2 rings (SSSR count). The molecule has 0 saturated heterocycles. The van der Waals surface area contributed by atoms with Crippen LogP contribution in [0.25, 0.3) is 0 Å². The van der Waals surface area contributed by atoms with E-state index >= 15 is 0 Å². The van der Waals surface area contributed by atoms with E-state index in [2.05, 4.69) is 9.38 Å². The average molecular weight is 286 g/mol. The van der Waals surface area contributed by atoms with E-state index in [9.17, 15) is 13.2 Å². The first-order valence-corrected chi connectivity index (χ1v) is 7.52. The minimum Gasteiger partial charge on any atom is -0.255 e. The molecule has 0 aliphatic carbocycles. The summed E-state index contributed by atoms with van der Waals surface area (Å²) in [7, 11) is -3.75. The molecule has 0 atom stereocenters. The molecule has 0 saturated carbocycles. The fraction of sp³-hybridized carbons (Fsp3) is 0. The lowest BCUT2D eigenvalue weighted by molar-refractivity contribution is 0.597. The first-order valence-electron chi connectivity index (χ1n) is 4.39. The van der Waals surface area contributed by atoms with Gasteiger partial charge in [0, 0.05) is 0 Å². The summed E-state index contributed by atoms with van der Waals surface area (Å²) in [6.07, 6.45) is 0. The summed E-state index contributed by atoms with van der Waals surface area (Å²) in [5.41, 5.74) is 1.28. The fourth-order valence-corrected chi connectivity index (χ4v) is 3.83. The quantitative estimate of drug-likeness (QED) is 0.820. The molecule has 0 N–H and O–H groups in total. The van der Waals surface area contributed by atoms with Gasteiger partial charge in [-0.1, -0.05) is 29.5 Å². The number of nitrogens with zero attached hydrogens (tertiary/aromatic N) is 2. The molecular weight excluding hydrogens is 280 g/mol. The summed E-state index contributed by atoms with van der Waals surface area (Å²) >= 11 is 1.71. The van der Waals surface area contributed by atoms with Gasteiger partial charge in [0.25, 0.3) is 10.0 Å². The van der Waals surface area contributed by atoms with E-state index in [0.717, 1.165) is 11.3 Å². The largest absolute Gasteiger partial charge is 0.329 e. The third-order valence-electron chi connectivity index (χ3n) is 1.72. The Balaban J connectivity index is 2.57. The van der Waals surface area contributed by atoms with Crippen LogP contribution >= 0.6 is 22.7 Å². The maximum Gasteiger partial charge on any atom is 0.329 e. The van der Waals surface area contributed by atoms with Crippen molar-refractivity contribution >= 4 is 32.7 Å². The zero-order chi connectivity index (χ0) is 12.3. The smallest absolute Gasteiger partial charge is 0.255 e. The molecule has 0 amide bonds. The van der Waals surface area contributed by atoms with Crippen LogP contribution in [0.1, 0.15) is 0 Å². The highest BCUT2D eigenvalue weighted by molar-refractivity contribution is 7.90. The van der Waals surface area contributed by atoms with Gasteiger partial charge in [-0.05, 0) is 23.5 Å². The first kappa shape index (κ1) is 12.1. The van der Waals surface area contributed by atoms with Crippen LogP contribution in [0.4, 0.5) is 0 Å². The van der Waals surface area contributed by atoms with Crippen molar-refractivity contribution in [3.8, 4) is 0 Å². The molecule has 0 unspecified atom stereocenters. The monoisotopic (exact) mass is 286 g/mol. The van der Waals surface area contributed by atoms with Crippen LogP contribution in [0.2, 0.25) is 0 Å². The molecule has 0 spiro atoms. The minimum absolute atomic E-state index is 0.101. The molecule has 8 heteroatoms. The number of hydrogen-bond acceptors (Lipinski definition) is 6. The van der Waals surface area contributed by atoms with Crippen LogP contribution < -0.4 is 8.86 Å². The molecule has 0 fully saturated rings. The van der Waals surface area contributed by atoms with Crippen molar-refractivity contribution in [3.63, 3.8) is 0 Å².